The van der Waals surface area contributed by atoms with E-state index in [4.69, 9.17) is 10.5 Å². The maximum atomic E-state index is 5.75. The lowest BCUT2D eigenvalue weighted by molar-refractivity contribution is 0.301. The van der Waals surface area contributed by atoms with Crippen molar-refractivity contribution in [2.24, 2.45) is 0 Å². The first-order valence-corrected chi connectivity index (χ1v) is 8.46. The minimum atomic E-state index is 0.430. The van der Waals surface area contributed by atoms with Gasteiger partial charge in [-0.3, -0.25) is 5.10 Å². The molecule has 1 heterocycles. The summed E-state index contributed by atoms with van der Waals surface area (Å²) in [4.78, 5) is 0. The third-order valence-corrected chi connectivity index (χ3v) is 4.19. The Morgan fingerprint density at radius 1 is 0.769 bits per heavy atom. The number of nitrogens with zero attached hydrogens (tertiary/aromatic N) is 1. The fraction of sp³-hybridized carbons (Fsp3) is 0.0455. The molecule has 4 aromatic rings. The zero-order chi connectivity index (χ0) is 17.8. The van der Waals surface area contributed by atoms with Gasteiger partial charge in [0.1, 0.15) is 12.4 Å². The number of anilines is 1. The fourth-order valence-electron chi connectivity index (χ4n) is 2.77. The SMILES string of the molecule is Nc1ccc(OCc2cc(-c3ccc(-c4ccccc4)cc3)n[nH]2)cc1. The van der Waals surface area contributed by atoms with Gasteiger partial charge in [-0.2, -0.15) is 5.10 Å². The van der Waals surface area contributed by atoms with Crippen LogP contribution in [-0.4, -0.2) is 10.2 Å². The number of hydrogen-bond acceptors (Lipinski definition) is 3. The van der Waals surface area contributed by atoms with E-state index in [1.807, 2.05) is 48.5 Å². The Labute approximate surface area is 152 Å². The molecule has 0 bridgehead atoms. The summed E-state index contributed by atoms with van der Waals surface area (Å²) in [5.41, 5.74) is 11.7. The number of rotatable bonds is 5. The van der Waals surface area contributed by atoms with Crippen LogP contribution in [0.3, 0.4) is 0 Å². The van der Waals surface area contributed by atoms with Gasteiger partial charge in [0.2, 0.25) is 0 Å². The Kier molecular flexibility index (Phi) is 4.39. The normalized spacial score (nSPS) is 10.6. The second-order valence-corrected chi connectivity index (χ2v) is 6.08. The first kappa shape index (κ1) is 16.0. The predicted molar refractivity (Wildman–Crippen MR) is 105 cm³/mol. The van der Waals surface area contributed by atoms with Gasteiger partial charge in [0.05, 0.1) is 11.4 Å². The quantitative estimate of drug-likeness (QED) is 0.507. The highest BCUT2D eigenvalue weighted by Crippen LogP contribution is 2.24. The van der Waals surface area contributed by atoms with Crippen molar-refractivity contribution >= 4 is 5.69 Å². The van der Waals surface area contributed by atoms with Crippen LogP contribution in [0.15, 0.2) is 84.9 Å². The molecule has 0 aliphatic carbocycles. The van der Waals surface area contributed by atoms with Crippen LogP contribution in [0.25, 0.3) is 22.4 Å². The van der Waals surface area contributed by atoms with E-state index in [0.717, 1.165) is 28.4 Å². The number of nitrogens with one attached hydrogen (secondary N) is 1. The molecule has 128 valence electrons. The standard InChI is InChI=1S/C22H19N3O/c23-19-10-12-21(13-11-19)26-15-20-14-22(25-24-20)18-8-6-17(7-9-18)16-4-2-1-3-5-16/h1-14H,15,23H2,(H,24,25). The third kappa shape index (κ3) is 3.59. The third-order valence-electron chi connectivity index (χ3n) is 4.19. The van der Waals surface area contributed by atoms with Crippen LogP contribution in [0.4, 0.5) is 5.69 Å². The van der Waals surface area contributed by atoms with Crippen LogP contribution < -0.4 is 10.5 Å². The van der Waals surface area contributed by atoms with Crippen molar-refractivity contribution in [1.82, 2.24) is 10.2 Å². The molecule has 26 heavy (non-hydrogen) atoms. The molecule has 0 aliphatic rings. The highest BCUT2D eigenvalue weighted by molar-refractivity contribution is 5.68. The van der Waals surface area contributed by atoms with Crippen molar-refractivity contribution in [2.45, 2.75) is 6.61 Å². The summed E-state index contributed by atoms with van der Waals surface area (Å²) >= 11 is 0. The Morgan fingerprint density at radius 2 is 1.42 bits per heavy atom. The molecule has 0 radical (unpaired) electrons. The minimum absolute atomic E-state index is 0.430. The van der Waals surface area contributed by atoms with Gasteiger partial charge >= 0.3 is 0 Å². The first-order chi connectivity index (χ1) is 12.8. The number of aromatic nitrogens is 2. The van der Waals surface area contributed by atoms with Crippen LogP contribution in [-0.2, 0) is 6.61 Å². The smallest absolute Gasteiger partial charge is 0.130 e. The summed E-state index contributed by atoms with van der Waals surface area (Å²) in [6, 6.07) is 28.1. The number of benzene rings is 3. The minimum Gasteiger partial charge on any atom is -0.487 e. The van der Waals surface area contributed by atoms with Gasteiger partial charge in [0.25, 0.3) is 0 Å². The molecule has 0 unspecified atom stereocenters. The van der Waals surface area contributed by atoms with E-state index in [1.165, 1.54) is 11.1 Å². The van der Waals surface area contributed by atoms with Gasteiger partial charge in [-0.15, -0.1) is 0 Å². The summed E-state index contributed by atoms with van der Waals surface area (Å²) in [5.74, 6) is 0.780. The van der Waals surface area contributed by atoms with E-state index in [2.05, 4.69) is 46.6 Å². The Balaban J connectivity index is 1.45. The lowest BCUT2D eigenvalue weighted by Crippen LogP contribution is -1.95. The van der Waals surface area contributed by atoms with E-state index in [0.29, 0.717) is 6.61 Å². The molecule has 1 aromatic heterocycles. The number of H-pyrrole nitrogens is 1. The van der Waals surface area contributed by atoms with E-state index in [9.17, 15) is 0 Å². The van der Waals surface area contributed by atoms with Crippen molar-refractivity contribution in [3.05, 3.63) is 90.6 Å². The van der Waals surface area contributed by atoms with Crippen molar-refractivity contribution in [1.29, 1.82) is 0 Å². The van der Waals surface area contributed by atoms with Gasteiger partial charge in [0, 0.05) is 11.3 Å². The molecule has 4 nitrogen and oxygen atoms in total. The molecule has 0 spiro atoms. The van der Waals surface area contributed by atoms with Crippen LogP contribution >= 0.6 is 0 Å². The molecule has 0 fully saturated rings. The Bertz CT molecular complexity index is 974. The molecule has 0 aliphatic heterocycles. The predicted octanol–water partition coefficient (Wildman–Crippen LogP) is 4.90. The highest BCUT2D eigenvalue weighted by Gasteiger charge is 2.06. The monoisotopic (exact) mass is 341 g/mol. The summed E-state index contributed by atoms with van der Waals surface area (Å²) in [7, 11) is 0. The Morgan fingerprint density at radius 3 is 2.15 bits per heavy atom. The van der Waals surface area contributed by atoms with E-state index in [-0.39, 0.29) is 0 Å². The molecule has 0 atom stereocenters. The maximum absolute atomic E-state index is 5.75. The van der Waals surface area contributed by atoms with Crippen molar-refractivity contribution < 1.29 is 4.74 Å². The molecule has 0 saturated heterocycles. The van der Waals surface area contributed by atoms with Crippen LogP contribution in [0.1, 0.15) is 5.69 Å². The van der Waals surface area contributed by atoms with Crippen molar-refractivity contribution in [2.75, 3.05) is 5.73 Å². The van der Waals surface area contributed by atoms with Crippen molar-refractivity contribution in [3.8, 4) is 28.1 Å². The lowest BCUT2D eigenvalue weighted by Gasteiger charge is -2.04. The first-order valence-electron chi connectivity index (χ1n) is 8.46. The zero-order valence-electron chi connectivity index (χ0n) is 14.2. The van der Waals surface area contributed by atoms with Crippen LogP contribution in [0.5, 0.6) is 5.75 Å². The number of aromatic amines is 1. The maximum Gasteiger partial charge on any atom is 0.130 e. The Hall–Kier alpha value is -3.53. The molecular formula is C22H19N3O. The molecule has 4 heteroatoms. The number of ether oxygens (including phenoxy) is 1. The summed E-state index contributed by atoms with van der Waals surface area (Å²) in [6.07, 6.45) is 0. The second kappa shape index (κ2) is 7.15. The number of hydrogen-bond donors (Lipinski definition) is 2. The number of nitrogen functional groups attached to an aromatic ring is 1. The van der Waals surface area contributed by atoms with Crippen LogP contribution in [0.2, 0.25) is 0 Å². The second-order valence-electron chi connectivity index (χ2n) is 6.08. The van der Waals surface area contributed by atoms with Crippen molar-refractivity contribution in [3.63, 3.8) is 0 Å². The van der Waals surface area contributed by atoms with Gasteiger partial charge < -0.3 is 10.5 Å². The van der Waals surface area contributed by atoms with Gasteiger partial charge in [0.15, 0.2) is 0 Å². The van der Waals surface area contributed by atoms with Gasteiger partial charge in [-0.1, -0.05) is 54.6 Å². The lowest BCUT2D eigenvalue weighted by atomic mass is 10.0. The average Bonchev–Trinajstić information content (AvgIpc) is 3.17. The van der Waals surface area contributed by atoms with E-state index >= 15 is 0 Å². The molecular weight excluding hydrogens is 322 g/mol. The summed E-state index contributed by atoms with van der Waals surface area (Å²) < 4.78 is 5.75. The van der Waals surface area contributed by atoms with Gasteiger partial charge in [-0.05, 0) is 41.5 Å². The van der Waals surface area contributed by atoms with Gasteiger partial charge in [-0.25, -0.2) is 0 Å². The van der Waals surface area contributed by atoms with E-state index < -0.39 is 0 Å². The van der Waals surface area contributed by atoms with E-state index in [1.54, 1.807) is 0 Å². The molecule has 3 aromatic carbocycles. The average molecular weight is 341 g/mol. The summed E-state index contributed by atoms with van der Waals surface area (Å²) in [5, 5.41) is 7.42. The molecule has 4 rings (SSSR count). The molecule has 0 amide bonds. The molecule has 3 N–H and O–H groups in total. The fourth-order valence-corrected chi connectivity index (χ4v) is 2.77. The topological polar surface area (TPSA) is 63.9 Å². The van der Waals surface area contributed by atoms with Crippen LogP contribution in [0, 0.1) is 0 Å². The zero-order valence-corrected chi connectivity index (χ0v) is 14.2. The summed E-state index contributed by atoms with van der Waals surface area (Å²) in [6.45, 7) is 0.430. The largest absolute Gasteiger partial charge is 0.487 e. The highest BCUT2D eigenvalue weighted by atomic mass is 16.5. The number of nitrogens with two attached hydrogens (primary N) is 1. The molecule has 0 saturated carbocycles.